The van der Waals surface area contributed by atoms with Gasteiger partial charge in [-0.1, -0.05) is 30.3 Å². The third-order valence-electron chi connectivity index (χ3n) is 4.58. The summed E-state index contributed by atoms with van der Waals surface area (Å²) < 4.78 is 11.2. The van der Waals surface area contributed by atoms with E-state index in [2.05, 4.69) is 5.32 Å². The third-order valence-corrected chi connectivity index (χ3v) is 4.58. The molecule has 0 aliphatic carbocycles. The molecule has 2 amide bonds. The van der Waals surface area contributed by atoms with Gasteiger partial charge in [0.05, 0.1) is 20.3 Å². The molecule has 0 aliphatic heterocycles. The quantitative estimate of drug-likeness (QED) is 0.622. The Bertz CT molecular complexity index is 840. The molecule has 0 saturated carbocycles. The van der Waals surface area contributed by atoms with Gasteiger partial charge in [-0.3, -0.25) is 9.59 Å². The number of quaternary nitrogens is 1. The van der Waals surface area contributed by atoms with Gasteiger partial charge in [-0.2, -0.15) is 0 Å². The number of anilines is 1. The number of carbonyl (C=O) groups is 2. The second-order valence-corrected chi connectivity index (χ2v) is 7.18. The smallest absolute Gasteiger partial charge is 0.285 e. The fourth-order valence-corrected chi connectivity index (χ4v) is 3.23. The first-order valence-corrected chi connectivity index (χ1v) is 10.1. The minimum absolute atomic E-state index is 0.0498. The van der Waals surface area contributed by atoms with Crippen LogP contribution in [-0.2, 0) is 9.59 Å². The Morgan fingerprint density at radius 3 is 2.23 bits per heavy atom. The summed E-state index contributed by atoms with van der Waals surface area (Å²) in [6, 6.07) is 14.4. The molecule has 2 rings (SSSR count). The highest BCUT2D eigenvalue weighted by Crippen LogP contribution is 2.30. The van der Waals surface area contributed by atoms with E-state index in [-0.39, 0.29) is 18.4 Å². The number of hydrogen-bond acceptors (Lipinski definition) is 4. The Morgan fingerprint density at radius 2 is 1.63 bits per heavy atom. The molecule has 0 radical (unpaired) electrons. The Labute approximate surface area is 178 Å². The SMILES string of the molecule is CCOc1ccc(NC(=O)C[NH+](C)[C@H](C(=O)N(C)C)c2ccccc2)cc1OCC. The predicted molar refractivity (Wildman–Crippen MR) is 117 cm³/mol. The molecule has 1 unspecified atom stereocenters. The van der Waals surface area contributed by atoms with E-state index in [1.54, 1.807) is 37.2 Å². The summed E-state index contributed by atoms with van der Waals surface area (Å²) in [6.07, 6.45) is 0. The number of ether oxygens (including phenoxy) is 2. The van der Waals surface area contributed by atoms with Gasteiger partial charge >= 0.3 is 0 Å². The van der Waals surface area contributed by atoms with Crippen molar-refractivity contribution in [1.29, 1.82) is 0 Å². The van der Waals surface area contributed by atoms with Gasteiger partial charge < -0.3 is 24.6 Å². The molecule has 0 saturated heterocycles. The number of amides is 2. The summed E-state index contributed by atoms with van der Waals surface area (Å²) in [5, 5.41) is 2.90. The van der Waals surface area contributed by atoms with Crippen LogP contribution in [0.4, 0.5) is 5.69 Å². The van der Waals surface area contributed by atoms with Crippen LogP contribution in [0.1, 0.15) is 25.5 Å². The molecular formula is C23H32N3O4+. The Balaban J connectivity index is 2.13. The fraction of sp³-hybridized carbons (Fsp3) is 0.391. The monoisotopic (exact) mass is 414 g/mol. The predicted octanol–water partition coefficient (Wildman–Crippen LogP) is 1.77. The van der Waals surface area contributed by atoms with Crippen LogP contribution in [0.15, 0.2) is 48.5 Å². The van der Waals surface area contributed by atoms with Gasteiger partial charge in [0.1, 0.15) is 0 Å². The van der Waals surface area contributed by atoms with Gasteiger partial charge in [-0.05, 0) is 26.0 Å². The number of hydrogen-bond donors (Lipinski definition) is 2. The molecule has 0 aliphatic rings. The number of nitrogens with zero attached hydrogens (tertiary/aromatic N) is 1. The number of benzene rings is 2. The van der Waals surface area contributed by atoms with E-state index < -0.39 is 6.04 Å². The highest BCUT2D eigenvalue weighted by Gasteiger charge is 2.31. The van der Waals surface area contributed by atoms with Crippen LogP contribution in [-0.4, -0.2) is 57.6 Å². The van der Waals surface area contributed by atoms with Crippen LogP contribution < -0.4 is 19.7 Å². The van der Waals surface area contributed by atoms with E-state index in [0.717, 1.165) is 10.5 Å². The summed E-state index contributed by atoms with van der Waals surface area (Å²) in [7, 11) is 5.30. The number of likely N-dealkylation sites (N-methyl/N-ethyl adjacent to an activating group) is 2. The van der Waals surface area contributed by atoms with Crippen molar-refractivity contribution in [2.24, 2.45) is 0 Å². The van der Waals surface area contributed by atoms with E-state index in [0.29, 0.717) is 30.4 Å². The van der Waals surface area contributed by atoms with Crippen molar-refractivity contribution in [3.63, 3.8) is 0 Å². The summed E-state index contributed by atoms with van der Waals surface area (Å²) in [5.41, 5.74) is 1.50. The zero-order valence-corrected chi connectivity index (χ0v) is 18.4. The van der Waals surface area contributed by atoms with Gasteiger partial charge in [0.2, 0.25) is 0 Å². The van der Waals surface area contributed by atoms with Crippen LogP contribution in [0, 0.1) is 0 Å². The first-order valence-electron chi connectivity index (χ1n) is 10.1. The minimum Gasteiger partial charge on any atom is -0.490 e. The average Bonchev–Trinajstić information content (AvgIpc) is 2.71. The fourth-order valence-electron chi connectivity index (χ4n) is 3.23. The zero-order valence-electron chi connectivity index (χ0n) is 18.4. The van der Waals surface area contributed by atoms with Crippen LogP contribution >= 0.6 is 0 Å². The second-order valence-electron chi connectivity index (χ2n) is 7.18. The van der Waals surface area contributed by atoms with Gasteiger partial charge in [-0.15, -0.1) is 0 Å². The van der Waals surface area contributed by atoms with Gasteiger partial charge in [0.15, 0.2) is 24.1 Å². The maximum absolute atomic E-state index is 12.8. The van der Waals surface area contributed by atoms with Gasteiger partial charge in [-0.25, -0.2) is 0 Å². The maximum Gasteiger partial charge on any atom is 0.285 e. The molecule has 7 nitrogen and oxygen atoms in total. The summed E-state index contributed by atoms with van der Waals surface area (Å²) >= 11 is 0. The largest absolute Gasteiger partial charge is 0.490 e. The lowest BCUT2D eigenvalue weighted by Gasteiger charge is -2.26. The molecule has 2 aromatic rings. The van der Waals surface area contributed by atoms with E-state index in [4.69, 9.17) is 9.47 Å². The van der Waals surface area contributed by atoms with Crippen molar-refractivity contribution >= 4 is 17.5 Å². The van der Waals surface area contributed by atoms with Crippen LogP contribution in [0.25, 0.3) is 0 Å². The summed E-state index contributed by atoms with van der Waals surface area (Å²) in [6.45, 7) is 4.96. The van der Waals surface area contributed by atoms with Crippen molar-refractivity contribution in [3.05, 3.63) is 54.1 Å². The first-order chi connectivity index (χ1) is 14.4. The summed E-state index contributed by atoms with van der Waals surface area (Å²) in [4.78, 5) is 27.8. The van der Waals surface area contributed by atoms with Gasteiger partial charge in [0.25, 0.3) is 11.8 Å². The number of carbonyl (C=O) groups excluding carboxylic acids is 2. The van der Waals surface area contributed by atoms with Crippen molar-refractivity contribution in [1.82, 2.24) is 4.90 Å². The standard InChI is InChI=1S/C23H31N3O4/c1-6-29-19-14-13-18(15-20(19)30-7-2)24-21(27)16-26(5)22(23(28)25(3)4)17-11-9-8-10-12-17/h8-15,22H,6-7,16H2,1-5H3,(H,24,27)/p+1/t22-/m0/s1. The van der Waals surface area contributed by atoms with Crippen molar-refractivity contribution in [3.8, 4) is 11.5 Å². The minimum atomic E-state index is -0.466. The highest BCUT2D eigenvalue weighted by molar-refractivity contribution is 5.92. The molecular weight excluding hydrogens is 382 g/mol. The molecule has 162 valence electrons. The maximum atomic E-state index is 12.8. The van der Waals surface area contributed by atoms with Crippen molar-refractivity contribution < 1.29 is 24.0 Å². The molecule has 0 spiro atoms. The lowest BCUT2D eigenvalue weighted by atomic mass is 10.0. The average molecular weight is 415 g/mol. The topological polar surface area (TPSA) is 72.3 Å². The number of rotatable bonds is 10. The third kappa shape index (κ3) is 6.22. The molecule has 0 fully saturated rings. The molecule has 0 aromatic heterocycles. The summed E-state index contributed by atoms with van der Waals surface area (Å²) in [5.74, 6) is 0.987. The van der Waals surface area contributed by atoms with E-state index >= 15 is 0 Å². The van der Waals surface area contributed by atoms with Crippen molar-refractivity contribution in [2.45, 2.75) is 19.9 Å². The lowest BCUT2D eigenvalue weighted by Crippen LogP contribution is -3.11. The Hall–Kier alpha value is -3.06. The normalized spacial score (nSPS) is 12.6. The Morgan fingerprint density at radius 1 is 1.00 bits per heavy atom. The van der Waals surface area contributed by atoms with Crippen LogP contribution in [0.2, 0.25) is 0 Å². The molecule has 0 heterocycles. The molecule has 2 atom stereocenters. The molecule has 30 heavy (non-hydrogen) atoms. The molecule has 2 N–H and O–H groups in total. The van der Waals surface area contributed by atoms with Crippen molar-refractivity contribution in [2.75, 3.05) is 46.2 Å². The van der Waals surface area contributed by atoms with E-state index in [9.17, 15) is 9.59 Å². The van der Waals surface area contributed by atoms with E-state index in [1.165, 1.54) is 0 Å². The molecule has 0 bridgehead atoms. The van der Waals surface area contributed by atoms with E-state index in [1.807, 2.05) is 51.2 Å². The number of nitrogens with one attached hydrogen (secondary N) is 2. The van der Waals surface area contributed by atoms with Gasteiger partial charge in [0, 0.05) is 31.4 Å². The lowest BCUT2D eigenvalue weighted by molar-refractivity contribution is -0.894. The first kappa shape index (κ1) is 23.2. The Kier molecular flexibility index (Phi) is 8.68. The molecule has 7 heteroatoms. The zero-order chi connectivity index (χ0) is 22.1. The van der Waals surface area contributed by atoms with Crippen LogP contribution in [0.3, 0.4) is 0 Å². The second kappa shape index (κ2) is 11.2. The molecule has 2 aromatic carbocycles. The highest BCUT2D eigenvalue weighted by atomic mass is 16.5. The van der Waals surface area contributed by atoms with Crippen LogP contribution in [0.5, 0.6) is 11.5 Å².